The summed E-state index contributed by atoms with van der Waals surface area (Å²) in [7, 11) is 0. The fourth-order valence-electron chi connectivity index (χ4n) is 11.9. The molecule has 12 rings (SSSR count). The Kier molecular flexibility index (Phi) is 10.9. The minimum Gasteiger partial charge on any atom is -0.504 e. The van der Waals surface area contributed by atoms with E-state index in [9.17, 15) is 19.1 Å². The summed E-state index contributed by atoms with van der Waals surface area (Å²) in [6.45, 7) is 7.20. The highest BCUT2D eigenvalue weighted by atomic mass is 19.1. The molecule has 16 nitrogen and oxygen atoms in total. The number of para-hydroxylation sites is 1. The van der Waals surface area contributed by atoms with Crippen molar-refractivity contribution < 1.29 is 33.0 Å². The fourth-order valence-corrected chi connectivity index (χ4v) is 11.9. The molecule has 3 aromatic heterocycles. The first-order valence-electron chi connectivity index (χ1n) is 24.4. The van der Waals surface area contributed by atoms with E-state index < -0.39 is 23.4 Å². The first kappa shape index (κ1) is 43.2. The van der Waals surface area contributed by atoms with Gasteiger partial charge in [-0.2, -0.15) is 0 Å². The van der Waals surface area contributed by atoms with Crippen molar-refractivity contribution in [3.05, 3.63) is 78.1 Å². The van der Waals surface area contributed by atoms with Gasteiger partial charge < -0.3 is 44.5 Å². The molecule has 4 N–H and O–H groups in total. The summed E-state index contributed by atoms with van der Waals surface area (Å²) in [5, 5.41) is 22.2. The van der Waals surface area contributed by atoms with Crippen LogP contribution in [0.15, 0.2) is 60.9 Å². The number of pyridine rings is 1. The molecule has 2 unspecified atom stereocenters. The molecular weight excluding hydrogens is 873 g/mol. The summed E-state index contributed by atoms with van der Waals surface area (Å²) < 4.78 is 45.3. The van der Waals surface area contributed by atoms with Gasteiger partial charge in [0.05, 0.1) is 48.2 Å². The van der Waals surface area contributed by atoms with Gasteiger partial charge in [0.25, 0.3) is 0 Å². The number of phenols is 1. The lowest BCUT2D eigenvalue weighted by molar-refractivity contribution is -0.295. The number of aromatic hydroxyl groups is 1. The number of hydrogen-bond acceptors (Lipinski definition) is 13. The van der Waals surface area contributed by atoms with Gasteiger partial charge in [-0.05, 0) is 98.4 Å². The number of likely N-dealkylation sites (tertiary alicyclic amines) is 1. The van der Waals surface area contributed by atoms with Crippen LogP contribution in [0, 0.1) is 17.6 Å². The first-order chi connectivity index (χ1) is 33.1. The summed E-state index contributed by atoms with van der Waals surface area (Å²) in [6, 6.07) is 13.7. The first-order valence-corrected chi connectivity index (χ1v) is 24.4. The third-order valence-electron chi connectivity index (χ3n) is 15.7. The fraction of sp³-hybridized carbons (Fsp3) is 0.500. The van der Waals surface area contributed by atoms with E-state index in [0.717, 1.165) is 101 Å². The third kappa shape index (κ3) is 7.92. The molecule has 3 amide bonds. The number of nitrogens with two attached hydrogens (primary N) is 1. The molecule has 9 heterocycles. The Morgan fingerprint density at radius 3 is 2.31 bits per heavy atom. The quantitative estimate of drug-likeness (QED) is 0.146. The van der Waals surface area contributed by atoms with Crippen LogP contribution in [0.25, 0.3) is 22.3 Å². The van der Waals surface area contributed by atoms with E-state index in [1.807, 2.05) is 18.2 Å². The maximum absolute atomic E-state index is 15.7. The van der Waals surface area contributed by atoms with Crippen LogP contribution in [0.5, 0.6) is 5.75 Å². The molecule has 1 saturated carbocycles. The van der Waals surface area contributed by atoms with Crippen molar-refractivity contribution in [1.29, 1.82) is 0 Å². The molecule has 2 atom stereocenters. The number of nitrogen functional groups attached to an aromatic ring is 1. The lowest BCUT2D eigenvalue weighted by Gasteiger charge is -2.46. The Morgan fingerprint density at radius 2 is 1.57 bits per heavy atom. The molecule has 356 valence electrons. The molecule has 2 bridgehead atoms. The van der Waals surface area contributed by atoms with Crippen molar-refractivity contribution in [2.75, 3.05) is 90.9 Å². The number of piperazine rings is 1. The van der Waals surface area contributed by atoms with E-state index in [0.29, 0.717) is 67.4 Å². The van der Waals surface area contributed by atoms with Crippen molar-refractivity contribution in [3.8, 4) is 17.0 Å². The Hall–Kier alpha value is -6.11. The van der Waals surface area contributed by atoms with Crippen molar-refractivity contribution >= 4 is 51.5 Å². The van der Waals surface area contributed by atoms with Gasteiger partial charge in [0.15, 0.2) is 23.2 Å². The Bertz CT molecular complexity index is 2750. The van der Waals surface area contributed by atoms with Gasteiger partial charge >= 0.3 is 6.03 Å². The van der Waals surface area contributed by atoms with Crippen molar-refractivity contribution in [3.63, 3.8) is 0 Å². The molecule has 6 aliphatic heterocycles. The number of nitrogens with zero attached hydrogens (tertiary/aromatic N) is 9. The summed E-state index contributed by atoms with van der Waals surface area (Å²) in [4.78, 5) is 40.3. The number of carbonyl (C=O) groups excluding carboxylic acids is 2. The highest BCUT2D eigenvalue weighted by molar-refractivity contribution is 6.06. The number of phenolic OH excluding ortho intramolecular Hbond substituents is 1. The van der Waals surface area contributed by atoms with Gasteiger partial charge in [-0.15, -0.1) is 10.2 Å². The number of amides is 3. The predicted octanol–water partition coefficient (Wildman–Crippen LogP) is 6.54. The minimum atomic E-state index is -0.722. The molecule has 7 aliphatic rings. The van der Waals surface area contributed by atoms with Gasteiger partial charge in [0.2, 0.25) is 5.91 Å². The number of rotatable bonds is 9. The average molecular weight is 930 g/mol. The van der Waals surface area contributed by atoms with Crippen molar-refractivity contribution in [2.45, 2.75) is 87.6 Å². The molecule has 1 spiro atoms. The largest absolute Gasteiger partial charge is 0.504 e. The highest BCUT2D eigenvalue weighted by Gasteiger charge is 2.44. The van der Waals surface area contributed by atoms with Crippen LogP contribution < -0.4 is 30.7 Å². The van der Waals surface area contributed by atoms with E-state index in [4.69, 9.17) is 20.2 Å². The van der Waals surface area contributed by atoms with Gasteiger partial charge in [-0.3, -0.25) is 15.0 Å². The second-order valence-electron chi connectivity index (χ2n) is 20.0. The van der Waals surface area contributed by atoms with Crippen LogP contribution in [0.1, 0.15) is 75.3 Å². The number of piperidine rings is 2. The van der Waals surface area contributed by atoms with Gasteiger partial charge in [0, 0.05) is 107 Å². The van der Waals surface area contributed by atoms with E-state index in [1.165, 1.54) is 17.7 Å². The molecule has 68 heavy (non-hydrogen) atoms. The topological polar surface area (TPSA) is 171 Å². The third-order valence-corrected chi connectivity index (χ3v) is 15.7. The van der Waals surface area contributed by atoms with Crippen LogP contribution in [0.2, 0.25) is 0 Å². The average Bonchev–Trinajstić information content (AvgIpc) is 4.07. The van der Waals surface area contributed by atoms with Crippen LogP contribution in [-0.2, 0) is 14.3 Å². The van der Waals surface area contributed by atoms with Gasteiger partial charge in [0.1, 0.15) is 11.5 Å². The van der Waals surface area contributed by atoms with E-state index in [2.05, 4.69) is 45.9 Å². The monoisotopic (exact) mass is 929 g/mol. The van der Waals surface area contributed by atoms with Gasteiger partial charge in [-0.1, -0.05) is 6.07 Å². The molecule has 5 aromatic rings. The smallest absolute Gasteiger partial charge is 0.328 e. The molecule has 1 aliphatic carbocycles. The number of hydrogen-bond donors (Lipinski definition) is 3. The number of carbonyl (C=O) groups is 2. The zero-order chi connectivity index (χ0) is 46.3. The lowest BCUT2D eigenvalue weighted by atomic mass is 9.94. The number of aromatic nitrogens is 4. The molecule has 6 saturated heterocycles. The summed E-state index contributed by atoms with van der Waals surface area (Å²) >= 11 is 0. The van der Waals surface area contributed by atoms with Crippen molar-refractivity contribution in [2.24, 2.45) is 5.92 Å². The highest BCUT2D eigenvalue weighted by Crippen LogP contribution is 2.46. The number of benzene rings is 2. The number of halogens is 2. The molecule has 7 fully saturated rings. The summed E-state index contributed by atoms with van der Waals surface area (Å²) in [5.74, 6) is -0.944. The Morgan fingerprint density at radius 1 is 0.809 bits per heavy atom. The number of imide groups is 1. The van der Waals surface area contributed by atoms with Crippen LogP contribution in [0.4, 0.5) is 42.1 Å². The molecule has 18 heteroatoms. The van der Waals surface area contributed by atoms with E-state index >= 15 is 4.39 Å². The van der Waals surface area contributed by atoms with Crippen LogP contribution in [0.3, 0.4) is 0 Å². The van der Waals surface area contributed by atoms with Gasteiger partial charge in [-0.25, -0.2) is 18.6 Å². The zero-order valence-corrected chi connectivity index (χ0v) is 38.0. The number of ether oxygens (including phenoxy) is 2. The SMILES string of the molecule is Nc1nnc(-c2cccc(F)c2O)cc1N1CC2CCC(C1)N2c1ccc(F)c(N2CCC(CN3CCC4(CC3)OCC(n3cc(C5CC5)c5cc(N6CCC(=O)NC6=O)cnc53)CO4)CC2)c1. The summed E-state index contributed by atoms with van der Waals surface area (Å²) in [6.07, 6.45) is 12.1. The van der Waals surface area contributed by atoms with E-state index in [-0.39, 0.29) is 47.7 Å². The van der Waals surface area contributed by atoms with Crippen LogP contribution in [-0.4, -0.2) is 125 Å². The second-order valence-corrected chi connectivity index (χ2v) is 20.0. The number of fused-ring (bicyclic) bond motifs is 3. The standard InChI is InChI=1S/C50H57F2N11O5/c51-40-9-8-32(63-33-6-7-34(63)26-60(25-33)44-22-42(56-57-47(44)53)37-2-1-3-41(52)46(37)65)21-43(40)59-15-10-30(11-16-59)24-58-18-13-50(14-19-58)67-28-36(29-68-50)62-27-39(31-4-5-31)38-20-35(23-54-48(38)62)61-17-12-45(64)55-49(61)66/h1-3,8-9,20-23,27,30-31,33-34,36,65H,4-7,10-19,24-26,28-29H2,(H2,53,57)(H,55,64,66). The zero-order valence-electron chi connectivity index (χ0n) is 38.0. The number of nitrogens with one attached hydrogen (secondary N) is 1. The van der Waals surface area contributed by atoms with Crippen molar-refractivity contribution in [1.82, 2.24) is 30.0 Å². The second kappa shape index (κ2) is 17.1. The minimum absolute atomic E-state index is 0.0177. The molecular formula is C50H57F2N11O5. The summed E-state index contributed by atoms with van der Waals surface area (Å²) in [5.41, 5.74) is 12.2. The number of urea groups is 1. The molecule has 2 aromatic carbocycles. The predicted molar refractivity (Wildman–Crippen MR) is 253 cm³/mol. The normalized spacial score (nSPS) is 23.9. The Labute approximate surface area is 393 Å². The maximum Gasteiger partial charge on any atom is 0.328 e. The molecule has 0 radical (unpaired) electrons. The maximum atomic E-state index is 15.7. The lowest BCUT2D eigenvalue weighted by Crippen LogP contribution is -2.54. The van der Waals surface area contributed by atoms with E-state index in [1.54, 1.807) is 29.3 Å². The van der Waals surface area contributed by atoms with Crippen LogP contribution >= 0.6 is 0 Å². The number of anilines is 5. The Balaban J connectivity index is 0.638.